The van der Waals surface area contributed by atoms with Crippen LogP contribution >= 0.6 is 0 Å². The third-order valence-electron chi connectivity index (χ3n) is 2.46. The first-order valence-electron chi connectivity index (χ1n) is 4.84. The predicted molar refractivity (Wildman–Crippen MR) is 50.4 cm³/mol. The number of primary amides is 1. The maximum Gasteiger partial charge on any atom is 0.288 e. The van der Waals surface area contributed by atoms with E-state index in [4.69, 9.17) is 15.6 Å². The zero-order chi connectivity index (χ0) is 12.6. The Balaban J connectivity index is 2.19. The molecule has 17 heavy (non-hydrogen) atoms. The summed E-state index contributed by atoms with van der Waals surface area (Å²) in [5.74, 6) is -1.13. The number of hydrogen-bond acceptors (Lipinski definition) is 6. The van der Waals surface area contributed by atoms with E-state index in [1.54, 1.807) is 0 Å². The Bertz CT molecular complexity index is 425. The van der Waals surface area contributed by atoms with E-state index in [-0.39, 0.29) is 5.82 Å². The Morgan fingerprint density at radius 2 is 2.41 bits per heavy atom. The van der Waals surface area contributed by atoms with Crippen LogP contribution in [0.1, 0.15) is 16.8 Å². The third kappa shape index (κ3) is 1.99. The van der Waals surface area contributed by atoms with Gasteiger partial charge in [-0.2, -0.15) is 0 Å². The molecule has 1 saturated heterocycles. The first-order valence-corrected chi connectivity index (χ1v) is 4.84. The highest BCUT2D eigenvalue weighted by atomic mass is 19.1. The highest BCUT2D eigenvalue weighted by Crippen LogP contribution is 2.30. The second kappa shape index (κ2) is 4.35. The fourth-order valence-corrected chi connectivity index (χ4v) is 1.58. The molecule has 2 heterocycles. The van der Waals surface area contributed by atoms with E-state index in [0.29, 0.717) is 0 Å². The van der Waals surface area contributed by atoms with E-state index in [1.165, 1.54) is 0 Å². The molecule has 1 aliphatic heterocycles. The molecule has 1 fully saturated rings. The number of hydrogen-bond donors (Lipinski definition) is 3. The van der Waals surface area contributed by atoms with E-state index < -0.39 is 37.1 Å². The fourth-order valence-electron chi connectivity index (χ4n) is 1.58. The van der Waals surface area contributed by atoms with Crippen molar-refractivity contribution in [1.82, 2.24) is 14.8 Å². The number of nitrogens with two attached hydrogens (primary N) is 1. The van der Waals surface area contributed by atoms with Crippen LogP contribution in [0.25, 0.3) is 0 Å². The standard InChI is InChI=1S/C8H11FN4O4/c9-4-5(15)3(1-14)17-8(4)13-2-11-7(12-13)6(10)16/h2-5,8,14-15H,1H2,(H2,10,16)/t3-,4-,5-,8-/m1/s1. The zero-order valence-electron chi connectivity index (χ0n) is 8.60. The van der Waals surface area contributed by atoms with Crippen LogP contribution in [0.15, 0.2) is 6.33 Å². The number of carbonyl (C=O) groups excluding carboxylic acids is 1. The van der Waals surface area contributed by atoms with Gasteiger partial charge in [-0.25, -0.2) is 14.1 Å². The van der Waals surface area contributed by atoms with Crippen molar-refractivity contribution in [2.45, 2.75) is 24.6 Å². The van der Waals surface area contributed by atoms with Gasteiger partial charge < -0.3 is 20.7 Å². The minimum Gasteiger partial charge on any atom is -0.394 e. The molecular weight excluding hydrogens is 235 g/mol. The van der Waals surface area contributed by atoms with Crippen LogP contribution in [0.4, 0.5) is 4.39 Å². The van der Waals surface area contributed by atoms with E-state index in [9.17, 15) is 14.3 Å². The molecule has 0 spiro atoms. The number of nitrogens with zero attached hydrogens (tertiary/aromatic N) is 3. The highest BCUT2D eigenvalue weighted by molar-refractivity contribution is 5.88. The van der Waals surface area contributed by atoms with Gasteiger partial charge in [-0.15, -0.1) is 5.10 Å². The quantitative estimate of drug-likeness (QED) is 0.565. The molecule has 1 aromatic heterocycles. The second-order valence-electron chi connectivity index (χ2n) is 3.60. The number of aliphatic hydroxyl groups excluding tert-OH is 2. The maximum atomic E-state index is 13.6. The van der Waals surface area contributed by atoms with E-state index in [2.05, 4.69) is 10.1 Å². The van der Waals surface area contributed by atoms with E-state index >= 15 is 0 Å². The number of amides is 1. The van der Waals surface area contributed by atoms with Gasteiger partial charge in [-0.05, 0) is 0 Å². The molecule has 0 radical (unpaired) electrons. The average molecular weight is 246 g/mol. The molecule has 0 aromatic carbocycles. The number of alkyl halides is 1. The lowest BCUT2D eigenvalue weighted by Crippen LogP contribution is -2.30. The van der Waals surface area contributed by atoms with Crippen LogP contribution in [0.5, 0.6) is 0 Å². The summed E-state index contributed by atoms with van der Waals surface area (Å²) < 4.78 is 19.6. The van der Waals surface area contributed by atoms with Gasteiger partial charge in [0.1, 0.15) is 18.5 Å². The lowest BCUT2D eigenvalue weighted by Gasteiger charge is -2.11. The van der Waals surface area contributed by atoms with E-state index in [1.807, 2.05) is 0 Å². The summed E-state index contributed by atoms with van der Waals surface area (Å²) in [6.45, 7) is -0.518. The number of aliphatic hydroxyl groups is 2. The zero-order valence-corrected chi connectivity index (χ0v) is 8.60. The maximum absolute atomic E-state index is 13.6. The monoisotopic (exact) mass is 246 g/mol. The highest BCUT2D eigenvalue weighted by Gasteiger charge is 2.45. The minimum atomic E-state index is -1.77. The summed E-state index contributed by atoms with van der Waals surface area (Å²) >= 11 is 0. The van der Waals surface area contributed by atoms with E-state index in [0.717, 1.165) is 11.0 Å². The van der Waals surface area contributed by atoms with Gasteiger partial charge in [-0.1, -0.05) is 0 Å². The van der Waals surface area contributed by atoms with Gasteiger partial charge in [0, 0.05) is 0 Å². The molecule has 0 aliphatic carbocycles. The lowest BCUT2D eigenvalue weighted by atomic mass is 10.1. The summed E-state index contributed by atoms with van der Waals surface area (Å²) in [5, 5.41) is 21.9. The second-order valence-corrected chi connectivity index (χ2v) is 3.60. The van der Waals surface area contributed by atoms with Crippen LogP contribution in [-0.4, -0.2) is 55.9 Å². The number of carbonyl (C=O) groups is 1. The molecule has 1 aliphatic rings. The van der Waals surface area contributed by atoms with Crippen molar-refractivity contribution in [2.24, 2.45) is 5.73 Å². The largest absolute Gasteiger partial charge is 0.394 e. The van der Waals surface area contributed by atoms with Crippen molar-refractivity contribution in [2.75, 3.05) is 6.61 Å². The van der Waals surface area contributed by atoms with Crippen molar-refractivity contribution in [1.29, 1.82) is 0 Å². The molecule has 0 unspecified atom stereocenters. The smallest absolute Gasteiger partial charge is 0.288 e. The molecule has 0 saturated carbocycles. The van der Waals surface area contributed by atoms with Crippen molar-refractivity contribution in [3.05, 3.63) is 12.2 Å². The predicted octanol–water partition coefficient (Wildman–Crippen LogP) is -2.03. The normalized spacial score (nSPS) is 32.9. The van der Waals surface area contributed by atoms with Crippen LogP contribution in [0.3, 0.4) is 0 Å². The molecule has 1 aromatic rings. The summed E-state index contributed by atoms with van der Waals surface area (Å²) in [6.07, 6.45) is -4.41. The summed E-state index contributed by atoms with van der Waals surface area (Å²) in [7, 11) is 0. The van der Waals surface area contributed by atoms with Crippen molar-refractivity contribution >= 4 is 5.91 Å². The SMILES string of the molecule is NC(=O)c1ncn([C@@H]2O[C@H](CO)[C@@H](O)[C@H]2F)n1. The van der Waals surface area contributed by atoms with Gasteiger partial charge in [0.2, 0.25) is 5.82 Å². The molecule has 0 bridgehead atoms. The third-order valence-corrected chi connectivity index (χ3v) is 2.46. The Morgan fingerprint density at radius 1 is 1.71 bits per heavy atom. The molecule has 94 valence electrons. The van der Waals surface area contributed by atoms with Crippen LogP contribution < -0.4 is 5.73 Å². The van der Waals surface area contributed by atoms with Gasteiger partial charge in [0.25, 0.3) is 5.91 Å². The average Bonchev–Trinajstić information content (AvgIpc) is 2.87. The van der Waals surface area contributed by atoms with Crippen LogP contribution in [0.2, 0.25) is 0 Å². The molecular formula is C8H11FN4O4. The van der Waals surface area contributed by atoms with Crippen molar-refractivity contribution in [3.63, 3.8) is 0 Å². The van der Waals surface area contributed by atoms with Gasteiger partial charge in [0.15, 0.2) is 12.4 Å². The van der Waals surface area contributed by atoms with Gasteiger partial charge >= 0.3 is 0 Å². The van der Waals surface area contributed by atoms with Crippen molar-refractivity contribution in [3.8, 4) is 0 Å². The number of rotatable bonds is 3. The molecule has 9 heteroatoms. The Labute approximate surface area is 94.8 Å². The summed E-state index contributed by atoms with van der Waals surface area (Å²) in [4.78, 5) is 14.3. The number of halogens is 1. The van der Waals surface area contributed by atoms with Crippen molar-refractivity contribution < 1.29 is 24.1 Å². The lowest BCUT2D eigenvalue weighted by molar-refractivity contribution is -0.0523. The van der Waals surface area contributed by atoms with Gasteiger partial charge in [0.05, 0.1) is 6.61 Å². The molecule has 1 amide bonds. The molecule has 8 nitrogen and oxygen atoms in total. The van der Waals surface area contributed by atoms with Crippen LogP contribution in [0, 0.1) is 0 Å². The Morgan fingerprint density at radius 3 is 2.88 bits per heavy atom. The Hall–Kier alpha value is -1.58. The fraction of sp³-hybridized carbons (Fsp3) is 0.625. The molecule has 2 rings (SSSR count). The summed E-state index contributed by atoms with van der Waals surface area (Å²) in [5.41, 5.74) is 4.94. The van der Waals surface area contributed by atoms with Gasteiger partial charge in [-0.3, -0.25) is 4.79 Å². The Kier molecular flexibility index (Phi) is 3.05. The first-order chi connectivity index (χ1) is 8.04. The molecule has 4 atom stereocenters. The summed E-state index contributed by atoms with van der Waals surface area (Å²) in [6, 6.07) is 0. The topological polar surface area (TPSA) is 123 Å². The van der Waals surface area contributed by atoms with Crippen LogP contribution in [-0.2, 0) is 4.74 Å². The number of ether oxygens (including phenoxy) is 1. The molecule has 4 N–H and O–H groups in total. The number of aromatic nitrogens is 3. The minimum absolute atomic E-state index is 0.275. The first kappa shape index (κ1) is 11.9.